The molecule has 0 amide bonds. The predicted octanol–water partition coefficient (Wildman–Crippen LogP) is 6.93. The fraction of sp³-hybridized carbons (Fsp3) is 0.240. The van der Waals surface area contributed by atoms with Crippen molar-refractivity contribution in [1.29, 1.82) is 0 Å². The number of ether oxygens (including phenoxy) is 2. The standard InChI is InChI=1S/C25H23Cl2NO2/c1-29-24-12-7-16(13-25(24)30-2)15-28-23-11-9-18(19-5-3-4-6-20(19)23)17-8-10-21(26)22(27)14-17/h3-8,10,12-14,18H,9,11,15H2,1-2H3. The van der Waals surface area contributed by atoms with Crippen molar-refractivity contribution in [2.75, 3.05) is 14.2 Å². The number of benzene rings is 3. The van der Waals surface area contributed by atoms with Crippen LogP contribution < -0.4 is 9.47 Å². The SMILES string of the molecule is COc1ccc(CN=C2CCC(c3ccc(Cl)c(Cl)c3)c3ccccc32)cc1OC. The van der Waals surface area contributed by atoms with Crippen molar-refractivity contribution in [1.82, 2.24) is 0 Å². The van der Waals surface area contributed by atoms with E-state index in [1.165, 1.54) is 16.7 Å². The smallest absolute Gasteiger partial charge is 0.161 e. The van der Waals surface area contributed by atoms with E-state index >= 15 is 0 Å². The van der Waals surface area contributed by atoms with Gasteiger partial charge in [-0.1, -0.05) is 59.6 Å². The number of hydrogen-bond donors (Lipinski definition) is 0. The number of nitrogens with zero attached hydrogens (tertiary/aromatic N) is 1. The molecule has 30 heavy (non-hydrogen) atoms. The molecule has 0 aliphatic heterocycles. The lowest BCUT2D eigenvalue weighted by molar-refractivity contribution is 0.354. The molecule has 0 spiro atoms. The quantitative estimate of drug-likeness (QED) is 0.431. The molecule has 4 rings (SSSR count). The molecule has 1 aliphatic carbocycles. The molecule has 1 atom stereocenters. The second kappa shape index (κ2) is 9.11. The van der Waals surface area contributed by atoms with E-state index in [1.807, 2.05) is 30.3 Å². The van der Waals surface area contributed by atoms with E-state index in [0.717, 1.165) is 35.6 Å². The van der Waals surface area contributed by atoms with Gasteiger partial charge in [0.25, 0.3) is 0 Å². The molecule has 3 aromatic carbocycles. The average Bonchev–Trinajstić information content (AvgIpc) is 2.79. The molecule has 0 bridgehead atoms. The normalized spacial score (nSPS) is 16.9. The highest BCUT2D eigenvalue weighted by Gasteiger charge is 2.25. The number of halogens is 2. The van der Waals surface area contributed by atoms with Gasteiger partial charge >= 0.3 is 0 Å². The minimum absolute atomic E-state index is 0.288. The summed E-state index contributed by atoms with van der Waals surface area (Å²) < 4.78 is 10.7. The number of rotatable bonds is 5. The van der Waals surface area contributed by atoms with Crippen molar-refractivity contribution >= 4 is 28.9 Å². The van der Waals surface area contributed by atoms with Crippen LogP contribution in [-0.4, -0.2) is 19.9 Å². The molecule has 5 heteroatoms. The second-order valence-electron chi connectivity index (χ2n) is 7.30. The monoisotopic (exact) mass is 439 g/mol. The van der Waals surface area contributed by atoms with Gasteiger partial charge in [-0.25, -0.2) is 0 Å². The van der Waals surface area contributed by atoms with Crippen molar-refractivity contribution in [3.05, 3.63) is 93.0 Å². The maximum absolute atomic E-state index is 6.28. The predicted molar refractivity (Wildman–Crippen MR) is 124 cm³/mol. The highest BCUT2D eigenvalue weighted by molar-refractivity contribution is 6.42. The molecule has 1 aliphatic rings. The molecule has 1 unspecified atom stereocenters. The van der Waals surface area contributed by atoms with E-state index in [0.29, 0.717) is 16.6 Å². The number of hydrogen-bond acceptors (Lipinski definition) is 3. The van der Waals surface area contributed by atoms with E-state index in [1.54, 1.807) is 14.2 Å². The van der Waals surface area contributed by atoms with Crippen molar-refractivity contribution in [3.8, 4) is 11.5 Å². The van der Waals surface area contributed by atoms with Gasteiger partial charge in [0.15, 0.2) is 11.5 Å². The maximum atomic E-state index is 6.28. The van der Waals surface area contributed by atoms with Crippen LogP contribution in [0.5, 0.6) is 11.5 Å². The molecule has 154 valence electrons. The molecule has 3 aromatic rings. The van der Waals surface area contributed by atoms with Crippen LogP contribution in [0.1, 0.15) is 41.0 Å². The van der Waals surface area contributed by atoms with Gasteiger partial charge < -0.3 is 9.47 Å². The molecule has 0 heterocycles. The molecule has 0 N–H and O–H groups in total. The van der Waals surface area contributed by atoms with E-state index in [4.69, 9.17) is 37.7 Å². The summed E-state index contributed by atoms with van der Waals surface area (Å²) in [5.41, 5.74) is 5.91. The Labute approximate surface area is 187 Å². The second-order valence-corrected chi connectivity index (χ2v) is 8.12. The van der Waals surface area contributed by atoms with Crippen LogP contribution in [0.3, 0.4) is 0 Å². The zero-order valence-corrected chi connectivity index (χ0v) is 18.5. The Morgan fingerprint density at radius 1 is 0.900 bits per heavy atom. The van der Waals surface area contributed by atoms with Gasteiger partial charge in [0.05, 0.1) is 30.8 Å². The first-order valence-electron chi connectivity index (χ1n) is 9.89. The Morgan fingerprint density at radius 3 is 2.47 bits per heavy atom. The molecular weight excluding hydrogens is 417 g/mol. The summed E-state index contributed by atoms with van der Waals surface area (Å²) in [6.07, 6.45) is 1.90. The third kappa shape index (κ3) is 4.19. The van der Waals surface area contributed by atoms with Crippen molar-refractivity contribution in [2.24, 2.45) is 4.99 Å². The summed E-state index contributed by atoms with van der Waals surface area (Å²) in [5, 5.41) is 1.18. The zero-order chi connectivity index (χ0) is 21.1. The largest absolute Gasteiger partial charge is 0.493 e. The van der Waals surface area contributed by atoms with E-state index in [9.17, 15) is 0 Å². The third-order valence-electron chi connectivity index (χ3n) is 5.56. The van der Waals surface area contributed by atoms with Crippen LogP contribution in [0.4, 0.5) is 0 Å². The summed E-state index contributed by atoms with van der Waals surface area (Å²) in [6, 6.07) is 20.4. The topological polar surface area (TPSA) is 30.8 Å². The average molecular weight is 440 g/mol. The Hall–Kier alpha value is -2.49. The van der Waals surface area contributed by atoms with Gasteiger partial charge in [-0.05, 0) is 59.4 Å². The molecular formula is C25H23Cl2NO2. The summed E-state index contributed by atoms with van der Waals surface area (Å²) in [5.74, 6) is 1.73. The van der Waals surface area contributed by atoms with E-state index in [-0.39, 0.29) is 5.92 Å². The third-order valence-corrected chi connectivity index (χ3v) is 6.30. The van der Waals surface area contributed by atoms with Gasteiger partial charge in [-0.15, -0.1) is 0 Å². The van der Waals surface area contributed by atoms with Crippen LogP contribution >= 0.6 is 23.2 Å². The summed E-state index contributed by atoms with van der Waals surface area (Å²) in [7, 11) is 3.29. The highest BCUT2D eigenvalue weighted by atomic mass is 35.5. The van der Waals surface area contributed by atoms with Gasteiger partial charge in [-0.2, -0.15) is 0 Å². The summed E-state index contributed by atoms with van der Waals surface area (Å²) in [4.78, 5) is 4.96. The Balaban J connectivity index is 1.63. The van der Waals surface area contributed by atoms with Gasteiger partial charge in [0.2, 0.25) is 0 Å². The van der Waals surface area contributed by atoms with E-state index < -0.39 is 0 Å². The number of fused-ring (bicyclic) bond motifs is 1. The molecule has 3 nitrogen and oxygen atoms in total. The van der Waals surface area contributed by atoms with Crippen LogP contribution in [0, 0.1) is 0 Å². The van der Waals surface area contributed by atoms with Crippen LogP contribution in [-0.2, 0) is 6.54 Å². The summed E-state index contributed by atoms with van der Waals surface area (Å²) in [6.45, 7) is 0.599. The first-order chi connectivity index (χ1) is 14.6. The van der Waals surface area contributed by atoms with Crippen LogP contribution in [0.2, 0.25) is 10.0 Å². The van der Waals surface area contributed by atoms with Gasteiger partial charge in [0.1, 0.15) is 0 Å². The van der Waals surface area contributed by atoms with Crippen LogP contribution in [0.15, 0.2) is 65.7 Å². The summed E-state index contributed by atoms with van der Waals surface area (Å²) >= 11 is 12.4. The number of methoxy groups -OCH3 is 2. The van der Waals surface area contributed by atoms with Crippen molar-refractivity contribution in [3.63, 3.8) is 0 Å². The Bertz CT molecular complexity index is 1090. The minimum atomic E-state index is 0.288. The fourth-order valence-electron chi connectivity index (χ4n) is 4.04. The van der Waals surface area contributed by atoms with Crippen LogP contribution in [0.25, 0.3) is 0 Å². The van der Waals surface area contributed by atoms with Gasteiger partial charge in [0, 0.05) is 11.6 Å². The minimum Gasteiger partial charge on any atom is -0.493 e. The van der Waals surface area contributed by atoms with Crippen molar-refractivity contribution < 1.29 is 9.47 Å². The van der Waals surface area contributed by atoms with E-state index in [2.05, 4.69) is 30.3 Å². The molecule has 0 aromatic heterocycles. The first-order valence-corrected chi connectivity index (χ1v) is 10.6. The fourth-order valence-corrected chi connectivity index (χ4v) is 4.35. The Morgan fingerprint density at radius 2 is 1.70 bits per heavy atom. The van der Waals surface area contributed by atoms with Gasteiger partial charge in [-0.3, -0.25) is 4.99 Å². The molecule has 0 fully saturated rings. The van der Waals surface area contributed by atoms with Crippen molar-refractivity contribution in [2.45, 2.75) is 25.3 Å². The molecule has 0 radical (unpaired) electrons. The zero-order valence-electron chi connectivity index (χ0n) is 17.0. The highest BCUT2D eigenvalue weighted by Crippen LogP contribution is 2.39. The maximum Gasteiger partial charge on any atom is 0.161 e. The lowest BCUT2D eigenvalue weighted by Gasteiger charge is -2.27. The molecule has 0 saturated carbocycles. The number of aliphatic imine (C=N–C) groups is 1. The molecule has 0 saturated heterocycles. The lowest BCUT2D eigenvalue weighted by Crippen LogP contribution is -2.17. The lowest BCUT2D eigenvalue weighted by atomic mass is 9.78. The first kappa shape index (κ1) is 20.8. The Kier molecular flexibility index (Phi) is 6.31.